The monoisotopic (exact) mass is 284 g/mol. The third-order valence-corrected chi connectivity index (χ3v) is 2.55. The quantitative estimate of drug-likeness (QED) is 0.446. The van der Waals surface area contributed by atoms with E-state index in [-0.39, 0.29) is 25.4 Å². The first-order valence-electron chi connectivity index (χ1n) is 5.60. The zero-order valence-corrected chi connectivity index (χ0v) is 10.5. The standard InChI is InChI=1S/C12H13FN2O5/c1-2-3-14(4-5-16)10-7-9(13)8(12(17)18)6-11(10)15(19)20/h2,6-7,16H,1,3-5H2,(H,17,18). The van der Waals surface area contributed by atoms with E-state index in [4.69, 9.17) is 10.2 Å². The third-order valence-electron chi connectivity index (χ3n) is 2.55. The molecule has 0 saturated heterocycles. The van der Waals surface area contributed by atoms with Gasteiger partial charge in [-0.3, -0.25) is 10.1 Å². The van der Waals surface area contributed by atoms with E-state index in [1.165, 1.54) is 11.0 Å². The maximum atomic E-state index is 13.7. The fourth-order valence-electron chi connectivity index (χ4n) is 1.70. The molecular weight excluding hydrogens is 271 g/mol. The number of rotatable bonds is 7. The van der Waals surface area contributed by atoms with E-state index in [9.17, 15) is 19.3 Å². The van der Waals surface area contributed by atoms with Gasteiger partial charge in [0.05, 0.1) is 11.5 Å². The normalized spacial score (nSPS) is 10.1. The Hall–Kier alpha value is -2.48. The molecule has 0 amide bonds. The molecule has 0 aliphatic carbocycles. The van der Waals surface area contributed by atoms with Crippen LogP contribution in [0.2, 0.25) is 0 Å². The van der Waals surface area contributed by atoms with Gasteiger partial charge in [-0.2, -0.15) is 0 Å². The molecule has 0 aliphatic rings. The highest BCUT2D eigenvalue weighted by Gasteiger charge is 2.24. The summed E-state index contributed by atoms with van der Waals surface area (Å²) in [4.78, 5) is 22.3. The minimum atomic E-state index is -1.59. The Morgan fingerprint density at radius 1 is 1.55 bits per heavy atom. The van der Waals surface area contributed by atoms with Crippen molar-refractivity contribution in [1.29, 1.82) is 0 Å². The van der Waals surface area contributed by atoms with Crippen molar-refractivity contribution in [2.45, 2.75) is 0 Å². The highest BCUT2D eigenvalue weighted by Crippen LogP contribution is 2.31. The number of aromatic carboxylic acids is 1. The van der Waals surface area contributed by atoms with Crippen LogP contribution < -0.4 is 4.90 Å². The predicted octanol–water partition coefficient (Wildman–Crippen LogP) is 1.42. The Kier molecular flexibility index (Phi) is 5.15. The number of nitro benzene ring substituents is 1. The summed E-state index contributed by atoms with van der Waals surface area (Å²) in [6.45, 7) is 3.34. The largest absolute Gasteiger partial charge is 0.478 e. The summed E-state index contributed by atoms with van der Waals surface area (Å²) in [6.07, 6.45) is 1.43. The van der Waals surface area contributed by atoms with E-state index in [2.05, 4.69) is 6.58 Å². The smallest absolute Gasteiger partial charge is 0.338 e. The molecular formula is C12H13FN2O5. The van der Waals surface area contributed by atoms with Gasteiger partial charge in [-0.1, -0.05) is 6.08 Å². The van der Waals surface area contributed by atoms with Gasteiger partial charge in [0.15, 0.2) is 0 Å². The maximum Gasteiger partial charge on any atom is 0.338 e. The number of nitrogens with zero attached hydrogens (tertiary/aromatic N) is 2. The molecule has 8 heteroatoms. The van der Waals surface area contributed by atoms with Crippen LogP contribution in [0.1, 0.15) is 10.4 Å². The molecule has 0 saturated carbocycles. The third kappa shape index (κ3) is 3.29. The number of benzene rings is 1. The van der Waals surface area contributed by atoms with Crippen LogP contribution in [0.15, 0.2) is 24.8 Å². The number of aliphatic hydroxyl groups is 1. The molecule has 1 aromatic rings. The zero-order valence-electron chi connectivity index (χ0n) is 10.5. The van der Waals surface area contributed by atoms with Gasteiger partial charge in [0.2, 0.25) is 0 Å². The molecule has 0 spiro atoms. The van der Waals surface area contributed by atoms with Crippen LogP contribution in [0.3, 0.4) is 0 Å². The number of hydrogen-bond donors (Lipinski definition) is 2. The summed E-state index contributed by atoms with van der Waals surface area (Å²) >= 11 is 0. The first-order chi connectivity index (χ1) is 9.42. The second kappa shape index (κ2) is 6.62. The number of nitro groups is 1. The van der Waals surface area contributed by atoms with Crippen LogP contribution in [0.5, 0.6) is 0 Å². The minimum Gasteiger partial charge on any atom is -0.478 e. The van der Waals surface area contributed by atoms with Crippen LogP contribution in [-0.2, 0) is 0 Å². The average Bonchev–Trinajstić information content (AvgIpc) is 2.37. The van der Waals surface area contributed by atoms with Gasteiger partial charge in [-0.15, -0.1) is 6.58 Å². The Bertz CT molecular complexity index is 547. The van der Waals surface area contributed by atoms with Crippen molar-refractivity contribution in [1.82, 2.24) is 0 Å². The molecule has 0 fully saturated rings. The molecule has 108 valence electrons. The van der Waals surface area contributed by atoms with Gasteiger partial charge in [0, 0.05) is 25.2 Å². The molecule has 20 heavy (non-hydrogen) atoms. The van der Waals surface area contributed by atoms with Crippen LogP contribution in [-0.4, -0.2) is 40.8 Å². The Morgan fingerprint density at radius 2 is 2.20 bits per heavy atom. The fraction of sp³-hybridized carbons (Fsp3) is 0.250. The summed E-state index contributed by atoms with van der Waals surface area (Å²) in [5, 5.41) is 28.7. The predicted molar refractivity (Wildman–Crippen MR) is 69.5 cm³/mol. The van der Waals surface area contributed by atoms with E-state index in [0.717, 1.165) is 6.07 Å². The van der Waals surface area contributed by atoms with Crippen molar-refractivity contribution >= 4 is 17.3 Å². The number of carboxylic acid groups (broad SMARTS) is 1. The van der Waals surface area contributed by atoms with Crippen LogP contribution in [0, 0.1) is 15.9 Å². The van der Waals surface area contributed by atoms with Crippen molar-refractivity contribution in [2.24, 2.45) is 0 Å². The van der Waals surface area contributed by atoms with Gasteiger partial charge in [0.25, 0.3) is 5.69 Å². The second-order valence-corrected chi connectivity index (χ2v) is 3.84. The maximum absolute atomic E-state index is 13.7. The lowest BCUT2D eigenvalue weighted by atomic mass is 10.1. The number of halogens is 1. The van der Waals surface area contributed by atoms with E-state index >= 15 is 0 Å². The van der Waals surface area contributed by atoms with Gasteiger partial charge in [0.1, 0.15) is 17.1 Å². The zero-order chi connectivity index (χ0) is 15.3. The SMILES string of the molecule is C=CCN(CCO)c1cc(F)c(C(=O)O)cc1[N+](=O)[O-]. The molecule has 0 atom stereocenters. The van der Waals surface area contributed by atoms with E-state index in [0.29, 0.717) is 6.07 Å². The molecule has 0 aromatic heterocycles. The summed E-state index contributed by atoms with van der Waals surface area (Å²) in [6, 6.07) is 1.45. The molecule has 0 heterocycles. The molecule has 7 nitrogen and oxygen atoms in total. The van der Waals surface area contributed by atoms with E-state index in [1.807, 2.05) is 0 Å². The van der Waals surface area contributed by atoms with Gasteiger partial charge in [-0.25, -0.2) is 9.18 Å². The summed E-state index contributed by atoms with van der Waals surface area (Å²) in [7, 11) is 0. The van der Waals surface area contributed by atoms with Crippen LogP contribution >= 0.6 is 0 Å². The first-order valence-corrected chi connectivity index (χ1v) is 5.60. The Morgan fingerprint density at radius 3 is 2.65 bits per heavy atom. The van der Waals surface area contributed by atoms with Crippen molar-refractivity contribution in [3.8, 4) is 0 Å². The van der Waals surface area contributed by atoms with Crippen LogP contribution in [0.25, 0.3) is 0 Å². The lowest BCUT2D eigenvalue weighted by molar-refractivity contribution is -0.384. The average molecular weight is 284 g/mol. The first kappa shape index (κ1) is 15.6. The summed E-state index contributed by atoms with van der Waals surface area (Å²) in [5.41, 5.74) is -1.42. The molecule has 0 aliphatic heterocycles. The van der Waals surface area contributed by atoms with Crippen molar-refractivity contribution < 1.29 is 24.3 Å². The Labute approximate surface area is 113 Å². The van der Waals surface area contributed by atoms with Gasteiger partial charge in [-0.05, 0) is 0 Å². The molecule has 1 rings (SSSR count). The summed E-state index contributed by atoms with van der Waals surface area (Å²) in [5.74, 6) is -2.67. The molecule has 2 N–H and O–H groups in total. The Balaban J connectivity index is 3.43. The number of hydrogen-bond acceptors (Lipinski definition) is 5. The van der Waals surface area contributed by atoms with Crippen molar-refractivity contribution in [2.75, 3.05) is 24.6 Å². The lowest BCUT2D eigenvalue weighted by Gasteiger charge is -2.22. The second-order valence-electron chi connectivity index (χ2n) is 3.84. The molecule has 0 radical (unpaired) electrons. The molecule has 0 bridgehead atoms. The fourth-order valence-corrected chi connectivity index (χ4v) is 1.70. The highest BCUT2D eigenvalue weighted by atomic mass is 19.1. The van der Waals surface area contributed by atoms with E-state index in [1.54, 1.807) is 0 Å². The molecule has 1 aromatic carbocycles. The number of anilines is 1. The highest BCUT2D eigenvalue weighted by molar-refractivity contribution is 5.90. The lowest BCUT2D eigenvalue weighted by Crippen LogP contribution is -2.27. The van der Waals surface area contributed by atoms with E-state index < -0.39 is 28.0 Å². The van der Waals surface area contributed by atoms with Gasteiger partial charge < -0.3 is 15.1 Å². The van der Waals surface area contributed by atoms with Crippen molar-refractivity contribution in [3.05, 3.63) is 46.3 Å². The molecule has 0 unspecified atom stereocenters. The van der Waals surface area contributed by atoms with Gasteiger partial charge >= 0.3 is 5.97 Å². The van der Waals surface area contributed by atoms with Crippen molar-refractivity contribution in [3.63, 3.8) is 0 Å². The van der Waals surface area contributed by atoms with Crippen LogP contribution in [0.4, 0.5) is 15.8 Å². The number of carbonyl (C=O) groups is 1. The summed E-state index contributed by atoms with van der Waals surface area (Å²) < 4.78 is 13.7. The number of carboxylic acids is 1. The minimum absolute atomic E-state index is 0.0265. The topological polar surface area (TPSA) is 104 Å². The number of aliphatic hydroxyl groups excluding tert-OH is 1.